The Labute approximate surface area is 228 Å². The van der Waals surface area contributed by atoms with Crippen LogP contribution in [0.4, 0.5) is 0 Å². The van der Waals surface area contributed by atoms with E-state index in [9.17, 15) is 14.4 Å². The van der Waals surface area contributed by atoms with Gasteiger partial charge in [0.15, 0.2) is 11.5 Å². The Kier molecular flexibility index (Phi) is 6.36. The molecular formula is C29H22ClN3O6. The molecule has 0 radical (unpaired) electrons. The summed E-state index contributed by atoms with van der Waals surface area (Å²) in [4.78, 5) is 42.3. The molecule has 0 aromatic heterocycles. The van der Waals surface area contributed by atoms with Crippen LogP contribution in [-0.2, 0) is 14.4 Å². The van der Waals surface area contributed by atoms with E-state index in [0.29, 0.717) is 33.5 Å². The normalized spacial score (nSPS) is 21.2. The Morgan fingerprint density at radius 2 is 1.85 bits per heavy atom. The number of amides is 2. The zero-order valence-corrected chi connectivity index (χ0v) is 21.3. The number of dihydropyridines is 1. The van der Waals surface area contributed by atoms with Gasteiger partial charge in [-0.25, -0.2) is 10.0 Å². The maximum atomic E-state index is 13.5. The number of aliphatic carboxylic acids is 1. The fraction of sp³-hybridized carbons (Fsp3) is 0.207. The van der Waals surface area contributed by atoms with Gasteiger partial charge in [0, 0.05) is 23.8 Å². The molecule has 2 unspecified atom stereocenters. The molecule has 2 aromatic rings. The highest BCUT2D eigenvalue weighted by atomic mass is 35.5. The number of nitrogens with zero attached hydrogens (tertiary/aromatic N) is 3. The molecule has 3 aliphatic heterocycles. The van der Waals surface area contributed by atoms with Gasteiger partial charge in [-0.1, -0.05) is 48.0 Å². The van der Waals surface area contributed by atoms with E-state index in [4.69, 9.17) is 26.2 Å². The number of benzene rings is 2. The number of carbonyl (C=O) groups excluding carboxylic acids is 2. The van der Waals surface area contributed by atoms with Crippen molar-refractivity contribution in [2.24, 2.45) is 16.0 Å². The molecule has 2 atom stereocenters. The van der Waals surface area contributed by atoms with Crippen LogP contribution in [0, 0.1) is 5.92 Å². The average Bonchev–Trinajstić information content (AvgIpc) is 3.58. The fourth-order valence-corrected chi connectivity index (χ4v) is 5.28. The lowest BCUT2D eigenvalue weighted by Crippen LogP contribution is -2.27. The van der Waals surface area contributed by atoms with Gasteiger partial charge in [0.2, 0.25) is 12.7 Å². The van der Waals surface area contributed by atoms with Crippen molar-refractivity contribution >= 4 is 46.4 Å². The minimum atomic E-state index is -1.08. The van der Waals surface area contributed by atoms with Crippen molar-refractivity contribution in [3.63, 3.8) is 0 Å². The Morgan fingerprint density at radius 3 is 2.64 bits per heavy atom. The van der Waals surface area contributed by atoms with Crippen molar-refractivity contribution in [2.45, 2.75) is 25.3 Å². The molecule has 2 amide bonds. The number of hydrogen-bond donors (Lipinski definition) is 1. The van der Waals surface area contributed by atoms with Crippen LogP contribution in [0.25, 0.3) is 5.57 Å². The molecule has 2 aromatic carbocycles. The van der Waals surface area contributed by atoms with Crippen LogP contribution in [0.5, 0.6) is 11.5 Å². The summed E-state index contributed by atoms with van der Waals surface area (Å²) in [5, 5.41) is 15.6. The van der Waals surface area contributed by atoms with Gasteiger partial charge >= 0.3 is 5.97 Å². The van der Waals surface area contributed by atoms with Gasteiger partial charge in [0.1, 0.15) is 0 Å². The molecule has 39 heavy (non-hydrogen) atoms. The first-order chi connectivity index (χ1) is 18.9. The number of carboxylic acids is 1. The van der Waals surface area contributed by atoms with Crippen LogP contribution >= 0.6 is 11.6 Å². The van der Waals surface area contributed by atoms with Crippen molar-refractivity contribution in [3.8, 4) is 11.5 Å². The highest BCUT2D eigenvalue weighted by molar-refractivity contribution is 6.34. The van der Waals surface area contributed by atoms with Gasteiger partial charge in [-0.2, -0.15) is 5.10 Å². The van der Waals surface area contributed by atoms with E-state index >= 15 is 0 Å². The minimum Gasteiger partial charge on any atom is -0.481 e. The second-order valence-electron chi connectivity index (χ2n) is 9.37. The van der Waals surface area contributed by atoms with Crippen LogP contribution < -0.4 is 9.47 Å². The number of rotatable bonds is 6. The van der Waals surface area contributed by atoms with Crippen molar-refractivity contribution in [2.75, 3.05) is 6.79 Å². The third-order valence-electron chi connectivity index (χ3n) is 6.97. The molecule has 0 saturated heterocycles. The number of allylic oxidation sites excluding steroid dienone is 5. The molecule has 1 aliphatic carbocycles. The fourth-order valence-electron chi connectivity index (χ4n) is 5.16. The van der Waals surface area contributed by atoms with Crippen LogP contribution in [0.15, 0.2) is 82.4 Å². The highest BCUT2D eigenvalue weighted by Gasteiger charge is 2.40. The zero-order valence-electron chi connectivity index (χ0n) is 20.5. The maximum Gasteiger partial charge on any atom is 0.303 e. The van der Waals surface area contributed by atoms with Gasteiger partial charge < -0.3 is 14.6 Å². The molecule has 10 heteroatoms. The van der Waals surface area contributed by atoms with Crippen molar-refractivity contribution in [3.05, 3.63) is 88.5 Å². The van der Waals surface area contributed by atoms with Crippen LogP contribution in [0.3, 0.4) is 0 Å². The molecule has 0 saturated carbocycles. The number of hydrazone groups is 1. The smallest absolute Gasteiger partial charge is 0.303 e. The van der Waals surface area contributed by atoms with Gasteiger partial charge in [-0.3, -0.25) is 14.4 Å². The highest BCUT2D eigenvalue weighted by Crippen LogP contribution is 2.43. The number of carbonyl (C=O) groups is 3. The van der Waals surface area contributed by atoms with Gasteiger partial charge in [-0.05, 0) is 47.0 Å². The lowest BCUT2D eigenvalue weighted by Gasteiger charge is -2.26. The number of ether oxygens (including phenoxy) is 2. The van der Waals surface area contributed by atoms with E-state index in [1.165, 1.54) is 5.01 Å². The minimum absolute atomic E-state index is 0.0992. The first-order valence-corrected chi connectivity index (χ1v) is 12.8. The van der Waals surface area contributed by atoms with Crippen LogP contribution in [-0.4, -0.2) is 46.1 Å². The number of halogens is 1. The summed E-state index contributed by atoms with van der Waals surface area (Å²) in [6.07, 6.45) is 7.17. The summed E-state index contributed by atoms with van der Waals surface area (Å²) in [6.45, 7) is 0.0992. The summed E-state index contributed by atoms with van der Waals surface area (Å²) in [5.41, 5.74) is 3.59. The largest absolute Gasteiger partial charge is 0.481 e. The van der Waals surface area contributed by atoms with Crippen molar-refractivity contribution in [1.29, 1.82) is 0 Å². The average molecular weight is 544 g/mol. The van der Waals surface area contributed by atoms with Crippen LogP contribution in [0.2, 0.25) is 5.02 Å². The predicted octanol–water partition coefficient (Wildman–Crippen LogP) is 4.74. The Balaban J connectivity index is 1.46. The molecule has 3 heterocycles. The molecule has 9 nitrogen and oxygen atoms in total. The van der Waals surface area contributed by atoms with E-state index in [1.807, 2.05) is 42.5 Å². The molecule has 0 spiro atoms. The van der Waals surface area contributed by atoms with Gasteiger partial charge in [-0.15, -0.1) is 0 Å². The van der Waals surface area contributed by atoms with E-state index in [0.717, 1.165) is 16.7 Å². The maximum absolute atomic E-state index is 13.5. The molecular weight excluding hydrogens is 522 g/mol. The molecule has 1 N–H and O–H groups in total. The van der Waals surface area contributed by atoms with Crippen molar-refractivity contribution < 1.29 is 29.0 Å². The van der Waals surface area contributed by atoms with Crippen molar-refractivity contribution in [1.82, 2.24) is 5.01 Å². The Bertz CT molecular complexity index is 1550. The molecule has 4 aliphatic rings. The number of fused-ring (bicyclic) bond motifs is 2. The summed E-state index contributed by atoms with van der Waals surface area (Å²) in [6, 6.07) is 12.0. The second kappa shape index (κ2) is 9.99. The molecule has 0 bridgehead atoms. The third kappa shape index (κ3) is 4.66. The summed E-state index contributed by atoms with van der Waals surface area (Å²) in [7, 11) is 0. The lowest BCUT2D eigenvalue weighted by atomic mass is 9.79. The second-order valence-corrected chi connectivity index (χ2v) is 9.81. The topological polar surface area (TPSA) is 118 Å². The first kappa shape index (κ1) is 24.8. The number of carboxylic acid groups (broad SMARTS) is 1. The number of hydrogen-bond acceptors (Lipinski definition) is 6. The summed E-state index contributed by atoms with van der Waals surface area (Å²) in [5.74, 6) is -1.14. The summed E-state index contributed by atoms with van der Waals surface area (Å²) < 4.78 is 11.0. The third-order valence-corrected chi connectivity index (χ3v) is 7.22. The van der Waals surface area contributed by atoms with E-state index in [1.54, 1.807) is 24.3 Å². The SMILES string of the molecule is O=C(O)CCC(=O)N1N=C(C2=C(c3ccc(Cl)cc3)C3C=CC=CC3=NC2=O)CC1c1ccc2c(c1)OCO2. The van der Waals surface area contributed by atoms with E-state index in [2.05, 4.69) is 10.1 Å². The Morgan fingerprint density at radius 1 is 1.05 bits per heavy atom. The predicted molar refractivity (Wildman–Crippen MR) is 144 cm³/mol. The van der Waals surface area contributed by atoms with Gasteiger partial charge in [0.05, 0.1) is 29.5 Å². The monoisotopic (exact) mass is 543 g/mol. The summed E-state index contributed by atoms with van der Waals surface area (Å²) >= 11 is 6.15. The van der Waals surface area contributed by atoms with Crippen LogP contribution in [0.1, 0.15) is 36.4 Å². The number of aliphatic imine (C=N–C) groups is 1. The standard InChI is InChI=1S/C29H22ClN3O6/c30-18-8-5-16(6-9-18)27-19-3-1-2-4-20(19)31-29(37)28(27)21-14-22(33(32-21)25(34)11-12-26(35)36)17-7-10-23-24(13-17)39-15-38-23/h1-10,13,19,22H,11-12,14-15H2,(H,35,36). The molecule has 0 fully saturated rings. The van der Waals surface area contributed by atoms with Gasteiger partial charge in [0.25, 0.3) is 5.91 Å². The lowest BCUT2D eigenvalue weighted by molar-refractivity contribution is -0.141. The zero-order chi connectivity index (χ0) is 27.1. The molecule has 6 rings (SSSR count). The quantitative estimate of drug-likeness (QED) is 0.562. The Hall–Kier alpha value is -4.50. The van der Waals surface area contributed by atoms with E-state index in [-0.39, 0.29) is 32.0 Å². The first-order valence-electron chi connectivity index (χ1n) is 12.4. The van der Waals surface area contributed by atoms with E-state index < -0.39 is 23.8 Å². The molecule has 196 valence electrons.